The molecule has 0 aliphatic carbocycles. The van der Waals surface area contributed by atoms with Crippen LogP contribution in [0.15, 0.2) is 97.6 Å². The number of nitrogens with zero attached hydrogens (tertiary/aromatic N) is 3. The predicted molar refractivity (Wildman–Crippen MR) is 108 cm³/mol. The zero-order valence-electron chi connectivity index (χ0n) is 15.3. The van der Waals surface area contributed by atoms with E-state index >= 15 is 0 Å². The summed E-state index contributed by atoms with van der Waals surface area (Å²) in [5.41, 5.74) is 3.85. The highest BCUT2D eigenvalue weighted by Gasteiger charge is 2.17. The number of pyridine rings is 1. The number of nitrogens with one attached hydrogen (secondary N) is 1. The van der Waals surface area contributed by atoms with Gasteiger partial charge in [-0.25, -0.2) is 4.68 Å². The fourth-order valence-electron chi connectivity index (χ4n) is 3.13. The molecular weight excluding hydrogens is 348 g/mol. The molecule has 2 heterocycles. The smallest absolute Gasteiger partial charge is 0.225 e. The molecule has 28 heavy (non-hydrogen) atoms. The molecule has 4 aromatic rings. The Bertz CT molecular complexity index is 990. The Kier molecular flexibility index (Phi) is 5.24. The summed E-state index contributed by atoms with van der Waals surface area (Å²) >= 11 is 0. The van der Waals surface area contributed by atoms with Gasteiger partial charge in [0, 0.05) is 18.6 Å². The minimum absolute atomic E-state index is 0.0572. The van der Waals surface area contributed by atoms with Crippen molar-refractivity contribution in [2.45, 2.75) is 12.5 Å². The summed E-state index contributed by atoms with van der Waals surface area (Å²) in [5.74, 6) is -0.0572. The molecular formula is C23H20N4O. The summed E-state index contributed by atoms with van der Waals surface area (Å²) in [5, 5.41) is 7.51. The zero-order chi connectivity index (χ0) is 19.2. The number of carbonyl (C=O) groups excluding carboxylic acids is 1. The lowest BCUT2D eigenvalue weighted by atomic mass is 9.99. The number of aromatic nitrogens is 3. The van der Waals surface area contributed by atoms with E-state index in [-0.39, 0.29) is 18.4 Å². The van der Waals surface area contributed by atoms with E-state index in [1.54, 1.807) is 23.3 Å². The van der Waals surface area contributed by atoms with Crippen LogP contribution in [0.5, 0.6) is 0 Å². The van der Waals surface area contributed by atoms with Crippen LogP contribution in [0, 0.1) is 0 Å². The van der Waals surface area contributed by atoms with Crippen molar-refractivity contribution in [3.63, 3.8) is 0 Å². The average molecular weight is 368 g/mol. The van der Waals surface area contributed by atoms with Crippen LogP contribution < -0.4 is 5.32 Å². The molecule has 0 spiro atoms. The van der Waals surface area contributed by atoms with Crippen molar-refractivity contribution in [2.75, 3.05) is 0 Å². The number of hydrogen-bond donors (Lipinski definition) is 1. The monoisotopic (exact) mass is 368 g/mol. The van der Waals surface area contributed by atoms with Gasteiger partial charge in [0.25, 0.3) is 0 Å². The lowest BCUT2D eigenvalue weighted by molar-refractivity contribution is -0.120. The number of hydrogen-bond acceptors (Lipinski definition) is 3. The minimum Gasteiger partial charge on any atom is -0.345 e. The first kappa shape index (κ1) is 17.7. The van der Waals surface area contributed by atoms with Crippen LogP contribution in [0.4, 0.5) is 0 Å². The topological polar surface area (TPSA) is 59.8 Å². The molecule has 5 nitrogen and oxygen atoms in total. The van der Waals surface area contributed by atoms with Gasteiger partial charge in [-0.1, -0.05) is 48.5 Å². The highest BCUT2D eigenvalue weighted by atomic mass is 16.1. The molecule has 2 aromatic carbocycles. The molecule has 138 valence electrons. The first-order valence-electron chi connectivity index (χ1n) is 9.13. The summed E-state index contributed by atoms with van der Waals surface area (Å²) in [6.45, 7) is 0. The van der Waals surface area contributed by atoms with Crippen molar-refractivity contribution < 1.29 is 4.79 Å². The molecule has 0 saturated carbocycles. The molecule has 0 radical (unpaired) electrons. The van der Waals surface area contributed by atoms with Gasteiger partial charge in [0.1, 0.15) is 0 Å². The Morgan fingerprint density at radius 1 is 0.893 bits per heavy atom. The molecule has 1 N–H and O–H groups in total. The molecule has 2 aromatic heterocycles. The molecule has 1 atom stereocenters. The Labute approximate surface area is 163 Å². The summed E-state index contributed by atoms with van der Waals surface area (Å²) in [6.07, 6.45) is 7.36. The average Bonchev–Trinajstić information content (AvgIpc) is 3.22. The van der Waals surface area contributed by atoms with Gasteiger partial charge in [0.2, 0.25) is 5.91 Å². The first-order chi connectivity index (χ1) is 13.8. The van der Waals surface area contributed by atoms with Crippen molar-refractivity contribution >= 4 is 5.91 Å². The molecule has 0 fully saturated rings. The lowest BCUT2D eigenvalue weighted by Gasteiger charge is -2.19. The standard InChI is InChI=1S/C23H20N4O/c28-22(15-18-16-25-27(17-18)21-9-5-2-6-10-21)26-23(19-7-3-1-4-8-19)20-11-13-24-14-12-20/h1-14,16-17,23H,15H2,(H,26,28). The molecule has 0 aliphatic heterocycles. The number of benzene rings is 2. The van der Waals surface area contributed by atoms with E-state index < -0.39 is 0 Å². The summed E-state index contributed by atoms with van der Waals surface area (Å²) in [6, 6.07) is 23.4. The van der Waals surface area contributed by atoms with Gasteiger partial charge in [0.15, 0.2) is 0 Å². The zero-order valence-corrected chi connectivity index (χ0v) is 15.3. The molecule has 5 heteroatoms. The third kappa shape index (κ3) is 4.15. The van der Waals surface area contributed by atoms with Crippen molar-refractivity contribution in [3.05, 3.63) is 114 Å². The van der Waals surface area contributed by atoms with Crippen LogP contribution in [0.3, 0.4) is 0 Å². The van der Waals surface area contributed by atoms with Crippen molar-refractivity contribution in [1.29, 1.82) is 0 Å². The van der Waals surface area contributed by atoms with E-state index in [4.69, 9.17) is 0 Å². The second-order valence-electron chi connectivity index (χ2n) is 6.50. The van der Waals surface area contributed by atoms with E-state index in [1.807, 2.05) is 79.0 Å². The van der Waals surface area contributed by atoms with E-state index in [0.717, 1.165) is 22.4 Å². The molecule has 0 saturated heterocycles. The largest absolute Gasteiger partial charge is 0.345 e. The second-order valence-corrected chi connectivity index (χ2v) is 6.50. The Morgan fingerprint density at radius 2 is 1.54 bits per heavy atom. The Balaban J connectivity index is 1.50. The van der Waals surface area contributed by atoms with Crippen molar-refractivity contribution in [2.24, 2.45) is 0 Å². The van der Waals surface area contributed by atoms with E-state index in [9.17, 15) is 4.79 Å². The molecule has 1 amide bonds. The maximum atomic E-state index is 12.8. The van der Waals surface area contributed by atoms with Gasteiger partial charge in [-0.3, -0.25) is 9.78 Å². The van der Waals surface area contributed by atoms with Crippen LogP contribution in [0.1, 0.15) is 22.7 Å². The maximum Gasteiger partial charge on any atom is 0.225 e. The van der Waals surface area contributed by atoms with Crippen LogP contribution >= 0.6 is 0 Å². The minimum atomic E-state index is -0.221. The molecule has 4 rings (SSSR count). The van der Waals surface area contributed by atoms with Gasteiger partial charge in [-0.05, 0) is 41.0 Å². The third-order valence-electron chi connectivity index (χ3n) is 4.50. The SMILES string of the molecule is O=C(Cc1cnn(-c2ccccc2)c1)NC(c1ccccc1)c1ccncc1. The number of rotatable bonds is 6. The van der Waals surface area contributed by atoms with Crippen LogP contribution in [0.2, 0.25) is 0 Å². The summed E-state index contributed by atoms with van der Waals surface area (Å²) < 4.78 is 1.78. The van der Waals surface area contributed by atoms with Gasteiger partial charge in [-0.2, -0.15) is 5.10 Å². The number of amides is 1. The van der Waals surface area contributed by atoms with Crippen molar-refractivity contribution in [3.8, 4) is 5.69 Å². The first-order valence-corrected chi connectivity index (χ1v) is 9.13. The quantitative estimate of drug-likeness (QED) is 0.564. The van der Waals surface area contributed by atoms with Gasteiger partial charge in [0.05, 0.1) is 24.3 Å². The molecule has 1 unspecified atom stereocenters. The van der Waals surface area contributed by atoms with Crippen LogP contribution in [-0.2, 0) is 11.2 Å². The van der Waals surface area contributed by atoms with E-state index in [0.29, 0.717) is 0 Å². The number of carbonyl (C=O) groups is 1. The number of para-hydroxylation sites is 1. The highest BCUT2D eigenvalue weighted by Crippen LogP contribution is 2.21. The summed E-state index contributed by atoms with van der Waals surface area (Å²) in [7, 11) is 0. The lowest BCUT2D eigenvalue weighted by Crippen LogP contribution is -2.30. The fourth-order valence-corrected chi connectivity index (χ4v) is 3.13. The fraction of sp³-hybridized carbons (Fsp3) is 0.0870. The molecule has 0 aliphatic rings. The van der Waals surface area contributed by atoms with Crippen LogP contribution in [0.25, 0.3) is 5.69 Å². The Hall–Kier alpha value is -3.73. The van der Waals surface area contributed by atoms with Crippen LogP contribution in [-0.4, -0.2) is 20.7 Å². The van der Waals surface area contributed by atoms with Gasteiger partial charge in [-0.15, -0.1) is 0 Å². The normalized spacial score (nSPS) is 11.7. The summed E-state index contributed by atoms with van der Waals surface area (Å²) in [4.78, 5) is 16.8. The maximum absolute atomic E-state index is 12.8. The van der Waals surface area contributed by atoms with E-state index in [1.165, 1.54) is 0 Å². The Morgan fingerprint density at radius 3 is 2.25 bits per heavy atom. The van der Waals surface area contributed by atoms with Gasteiger partial charge >= 0.3 is 0 Å². The van der Waals surface area contributed by atoms with E-state index in [2.05, 4.69) is 15.4 Å². The van der Waals surface area contributed by atoms with Crippen molar-refractivity contribution in [1.82, 2.24) is 20.1 Å². The highest BCUT2D eigenvalue weighted by molar-refractivity contribution is 5.79. The van der Waals surface area contributed by atoms with Gasteiger partial charge < -0.3 is 5.32 Å². The predicted octanol–water partition coefficient (Wildman–Crippen LogP) is 3.72. The molecule has 0 bridgehead atoms. The second kappa shape index (κ2) is 8.31. The third-order valence-corrected chi connectivity index (χ3v) is 4.50.